The summed E-state index contributed by atoms with van der Waals surface area (Å²) in [5.74, 6) is -0.376. The summed E-state index contributed by atoms with van der Waals surface area (Å²) < 4.78 is 20.8. The number of nitrogens with zero attached hydrogens (tertiary/aromatic N) is 2. The highest BCUT2D eigenvalue weighted by Crippen LogP contribution is 2.56. The molecule has 0 bridgehead atoms. The zero-order chi connectivity index (χ0) is 11.1. The van der Waals surface area contributed by atoms with E-state index < -0.39 is 13.6 Å². The molecule has 2 aliphatic heterocycles. The Morgan fingerprint density at radius 1 is 1.33 bits per heavy atom. The number of ether oxygens (including phenoxy) is 1. The van der Waals surface area contributed by atoms with Crippen LogP contribution in [0.15, 0.2) is 0 Å². The van der Waals surface area contributed by atoms with Gasteiger partial charge < -0.3 is 4.74 Å². The van der Waals surface area contributed by atoms with Gasteiger partial charge in [-0.3, -0.25) is 9.36 Å². The van der Waals surface area contributed by atoms with Crippen molar-refractivity contribution in [3.63, 3.8) is 0 Å². The number of nitrogens with one attached hydrogen (secondary N) is 1. The molecule has 2 saturated heterocycles. The first-order valence-electron chi connectivity index (χ1n) is 5.04. The van der Waals surface area contributed by atoms with E-state index >= 15 is 0 Å². The Kier molecular flexibility index (Phi) is 2.85. The molecule has 1 N–H and O–H groups in total. The number of methoxy groups -OCH3 is 1. The Labute approximate surface area is 89.1 Å². The van der Waals surface area contributed by atoms with Crippen molar-refractivity contribution in [2.75, 3.05) is 33.3 Å². The summed E-state index contributed by atoms with van der Waals surface area (Å²) in [6, 6.07) is -0.526. The van der Waals surface area contributed by atoms with E-state index in [9.17, 15) is 9.36 Å². The highest BCUT2D eigenvalue weighted by atomic mass is 31.2. The molecule has 2 aliphatic rings. The SMILES string of the molecule is COC(=O)[C@@H](C)NP(=O)(N1CC1)N1CC1. The van der Waals surface area contributed by atoms with Gasteiger partial charge in [0.1, 0.15) is 6.04 Å². The van der Waals surface area contributed by atoms with Gasteiger partial charge in [0.25, 0.3) is 7.59 Å². The third-order valence-corrected chi connectivity index (χ3v) is 5.59. The minimum Gasteiger partial charge on any atom is -0.468 e. The van der Waals surface area contributed by atoms with E-state index in [1.165, 1.54) is 7.11 Å². The van der Waals surface area contributed by atoms with Gasteiger partial charge in [-0.1, -0.05) is 0 Å². The maximum atomic E-state index is 12.5. The largest absolute Gasteiger partial charge is 0.468 e. The van der Waals surface area contributed by atoms with E-state index in [1.807, 2.05) is 9.34 Å². The molecule has 0 amide bonds. The molecule has 15 heavy (non-hydrogen) atoms. The van der Waals surface area contributed by atoms with Crippen LogP contribution in [0.4, 0.5) is 0 Å². The lowest BCUT2D eigenvalue weighted by molar-refractivity contribution is -0.142. The van der Waals surface area contributed by atoms with Crippen LogP contribution in [0.5, 0.6) is 0 Å². The Hall–Kier alpha value is -0.420. The number of carbonyl (C=O) groups is 1. The molecule has 1 atom stereocenters. The molecule has 86 valence electrons. The maximum absolute atomic E-state index is 12.5. The normalized spacial score (nSPS) is 23.6. The molecule has 7 heteroatoms. The average molecular weight is 233 g/mol. The minimum atomic E-state index is -2.65. The lowest BCUT2D eigenvalue weighted by atomic mass is 10.4. The van der Waals surface area contributed by atoms with Gasteiger partial charge in [-0.2, -0.15) is 0 Å². The van der Waals surface area contributed by atoms with E-state index in [4.69, 9.17) is 0 Å². The smallest absolute Gasteiger partial charge is 0.323 e. The minimum absolute atomic E-state index is 0.376. The number of esters is 1. The Bertz CT molecular complexity index is 298. The second-order valence-electron chi connectivity index (χ2n) is 3.83. The standard InChI is InChI=1S/C8H16N3O3P/c1-7(8(12)14-2)9-15(13,10-3-4-10)11-5-6-11/h7H,3-6H2,1-2H3,(H,9,13)/t7-/m1/s1. The predicted octanol–water partition coefficient (Wildman–Crippen LogP) is -0.123. The van der Waals surface area contributed by atoms with Crippen LogP contribution in [0.25, 0.3) is 0 Å². The van der Waals surface area contributed by atoms with Gasteiger partial charge in [-0.25, -0.2) is 14.4 Å². The van der Waals surface area contributed by atoms with Crippen LogP contribution in [0, 0.1) is 0 Å². The molecule has 2 heterocycles. The van der Waals surface area contributed by atoms with Crippen molar-refractivity contribution in [1.29, 1.82) is 0 Å². The van der Waals surface area contributed by atoms with Crippen molar-refractivity contribution in [2.24, 2.45) is 0 Å². The second-order valence-corrected chi connectivity index (χ2v) is 6.30. The summed E-state index contributed by atoms with van der Waals surface area (Å²) in [5.41, 5.74) is 0. The van der Waals surface area contributed by atoms with Crippen LogP contribution in [-0.4, -0.2) is 54.6 Å². The van der Waals surface area contributed by atoms with Crippen molar-refractivity contribution in [1.82, 2.24) is 14.4 Å². The molecule has 0 saturated carbocycles. The molecular weight excluding hydrogens is 217 g/mol. The van der Waals surface area contributed by atoms with Crippen molar-refractivity contribution in [3.8, 4) is 0 Å². The molecule has 0 radical (unpaired) electrons. The highest BCUT2D eigenvalue weighted by molar-refractivity contribution is 7.57. The number of hydrogen-bond donors (Lipinski definition) is 1. The van der Waals surface area contributed by atoms with Gasteiger partial charge in [0.15, 0.2) is 0 Å². The lowest BCUT2D eigenvalue weighted by Gasteiger charge is -2.23. The van der Waals surface area contributed by atoms with E-state index in [2.05, 4.69) is 9.82 Å². The van der Waals surface area contributed by atoms with Crippen LogP contribution in [0.3, 0.4) is 0 Å². The molecular formula is C8H16N3O3P. The molecule has 6 nitrogen and oxygen atoms in total. The van der Waals surface area contributed by atoms with Crippen molar-refractivity contribution >= 4 is 13.6 Å². The fourth-order valence-corrected chi connectivity index (χ4v) is 4.01. The summed E-state index contributed by atoms with van der Waals surface area (Å²) in [7, 11) is -1.31. The van der Waals surface area contributed by atoms with Gasteiger partial charge in [0, 0.05) is 26.2 Å². The highest BCUT2D eigenvalue weighted by Gasteiger charge is 2.49. The molecule has 0 spiro atoms. The molecule has 0 aromatic rings. The summed E-state index contributed by atoms with van der Waals surface area (Å²) in [6.45, 7) is 5.04. The van der Waals surface area contributed by atoms with Gasteiger partial charge in [-0.15, -0.1) is 0 Å². The van der Waals surface area contributed by atoms with E-state index in [0.29, 0.717) is 0 Å². The van der Waals surface area contributed by atoms with E-state index in [-0.39, 0.29) is 5.97 Å². The van der Waals surface area contributed by atoms with Crippen LogP contribution in [-0.2, 0) is 14.1 Å². The maximum Gasteiger partial charge on any atom is 0.323 e. The summed E-state index contributed by atoms with van der Waals surface area (Å²) in [5, 5.41) is 2.90. The van der Waals surface area contributed by atoms with Crippen LogP contribution < -0.4 is 5.09 Å². The first kappa shape index (κ1) is 11.1. The van der Waals surface area contributed by atoms with Gasteiger partial charge in [0.05, 0.1) is 7.11 Å². The van der Waals surface area contributed by atoms with Crippen LogP contribution in [0.2, 0.25) is 0 Å². The van der Waals surface area contributed by atoms with Crippen molar-refractivity contribution < 1.29 is 14.1 Å². The van der Waals surface area contributed by atoms with Crippen LogP contribution in [0.1, 0.15) is 6.92 Å². The van der Waals surface area contributed by atoms with E-state index in [0.717, 1.165) is 26.2 Å². The third kappa shape index (κ3) is 2.23. The number of rotatable bonds is 5. The molecule has 0 aromatic heterocycles. The van der Waals surface area contributed by atoms with Crippen LogP contribution >= 0.6 is 7.59 Å². The zero-order valence-electron chi connectivity index (χ0n) is 8.97. The Morgan fingerprint density at radius 2 is 1.80 bits per heavy atom. The first-order valence-corrected chi connectivity index (χ1v) is 6.65. The summed E-state index contributed by atoms with van der Waals surface area (Å²) in [4.78, 5) is 11.2. The quantitative estimate of drug-likeness (QED) is 0.406. The second kappa shape index (κ2) is 3.87. The lowest BCUT2D eigenvalue weighted by Crippen LogP contribution is -2.36. The van der Waals surface area contributed by atoms with Gasteiger partial charge in [0.2, 0.25) is 0 Å². The topological polar surface area (TPSA) is 61.4 Å². The van der Waals surface area contributed by atoms with Gasteiger partial charge in [-0.05, 0) is 6.92 Å². The van der Waals surface area contributed by atoms with Crippen molar-refractivity contribution in [2.45, 2.75) is 13.0 Å². The molecule has 0 aliphatic carbocycles. The fourth-order valence-electron chi connectivity index (χ4n) is 1.46. The Balaban J connectivity index is 2.00. The van der Waals surface area contributed by atoms with Gasteiger partial charge >= 0.3 is 5.97 Å². The molecule has 2 rings (SSSR count). The number of carbonyl (C=O) groups excluding carboxylic acids is 1. The molecule has 0 aromatic carbocycles. The fraction of sp³-hybridized carbons (Fsp3) is 0.875. The predicted molar refractivity (Wildman–Crippen MR) is 55.4 cm³/mol. The zero-order valence-corrected chi connectivity index (χ0v) is 9.87. The molecule has 2 fully saturated rings. The third-order valence-electron chi connectivity index (χ3n) is 2.53. The van der Waals surface area contributed by atoms with E-state index in [1.54, 1.807) is 6.92 Å². The van der Waals surface area contributed by atoms with Crippen molar-refractivity contribution in [3.05, 3.63) is 0 Å². The monoisotopic (exact) mass is 233 g/mol. The average Bonchev–Trinajstić information content (AvgIpc) is 3.08. The number of hydrogen-bond acceptors (Lipinski definition) is 3. The molecule has 0 unspecified atom stereocenters. The summed E-state index contributed by atoms with van der Waals surface area (Å²) >= 11 is 0. The Morgan fingerprint density at radius 3 is 2.13 bits per heavy atom. The summed E-state index contributed by atoms with van der Waals surface area (Å²) in [6.07, 6.45) is 0. The first-order chi connectivity index (χ1) is 7.08.